The molecule has 0 radical (unpaired) electrons. The molecule has 2 rings (SSSR count). The van der Waals surface area contributed by atoms with Gasteiger partial charge in [0, 0.05) is 5.92 Å². The Bertz CT molecular complexity index is 468. The molecule has 20 heavy (non-hydrogen) atoms. The molecule has 9 heteroatoms. The zero-order valence-corrected chi connectivity index (χ0v) is 11.7. The van der Waals surface area contributed by atoms with Crippen LogP contribution in [0.5, 0.6) is 0 Å². The minimum absolute atomic E-state index is 0.187. The summed E-state index contributed by atoms with van der Waals surface area (Å²) in [6.07, 6.45) is -3.32. The Balaban J connectivity index is 1.80. The van der Waals surface area contributed by atoms with Gasteiger partial charge in [0.05, 0.1) is 6.54 Å². The third kappa shape index (κ3) is 4.41. The van der Waals surface area contributed by atoms with Gasteiger partial charge in [-0.1, -0.05) is 11.3 Å². The summed E-state index contributed by atoms with van der Waals surface area (Å²) in [6, 6.07) is 0. The van der Waals surface area contributed by atoms with Gasteiger partial charge < -0.3 is 5.32 Å². The number of anilines is 1. The molecule has 1 N–H and O–H groups in total. The number of piperidine rings is 1. The molecule has 1 saturated heterocycles. The standard InChI is InChI=1S/C11H15F3N4OS/c1-7-16-17-10(20-7)15-9(19)8-2-4-18(5-3-8)6-11(12,13)14/h8H,2-6H2,1H3,(H,15,17,19). The zero-order valence-electron chi connectivity index (χ0n) is 10.9. The first kappa shape index (κ1) is 15.2. The van der Waals surface area contributed by atoms with E-state index >= 15 is 0 Å². The monoisotopic (exact) mass is 308 g/mol. The maximum atomic E-state index is 12.3. The number of carbonyl (C=O) groups excluding carboxylic acids is 1. The van der Waals surface area contributed by atoms with Gasteiger partial charge in [-0.3, -0.25) is 9.69 Å². The summed E-state index contributed by atoms with van der Waals surface area (Å²) in [7, 11) is 0. The molecule has 1 aromatic heterocycles. The van der Waals surface area contributed by atoms with Gasteiger partial charge in [0.2, 0.25) is 11.0 Å². The summed E-state index contributed by atoms with van der Waals surface area (Å²) in [4.78, 5) is 13.3. The van der Waals surface area contributed by atoms with Gasteiger partial charge in [-0.15, -0.1) is 10.2 Å². The molecule has 1 aromatic rings. The van der Waals surface area contributed by atoms with Gasteiger partial charge in [-0.05, 0) is 32.9 Å². The van der Waals surface area contributed by atoms with Crippen molar-refractivity contribution in [2.24, 2.45) is 5.92 Å². The maximum Gasteiger partial charge on any atom is 0.401 e. The van der Waals surface area contributed by atoms with Gasteiger partial charge in [-0.25, -0.2) is 0 Å². The maximum absolute atomic E-state index is 12.3. The highest BCUT2D eigenvalue weighted by Gasteiger charge is 2.33. The van der Waals surface area contributed by atoms with Gasteiger partial charge >= 0.3 is 6.18 Å². The SMILES string of the molecule is Cc1nnc(NC(=O)C2CCN(CC(F)(F)F)CC2)s1. The number of carbonyl (C=O) groups is 1. The van der Waals surface area contributed by atoms with Crippen molar-refractivity contribution < 1.29 is 18.0 Å². The Morgan fingerprint density at radius 2 is 2.05 bits per heavy atom. The molecule has 5 nitrogen and oxygen atoms in total. The fourth-order valence-electron chi connectivity index (χ4n) is 2.16. The van der Waals surface area contributed by atoms with Crippen molar-refractivity contribution in [2.75, 3.05) is 25.0 Å². The molecule has 0 spiro atoms. The second-order valence-electron chi connectivity index (χ2n) is 4.78. The quantitative estimate of drug-likeness (QED) is 0.928. The molecule has 1 aliphatic rings. The summed E-state index contributed by atoms with van der Waals surface area (Å²) in [5.41, 5.74) is 0. The molecular formula is C11H15F3N4OS. The lowest BCUT2D eigenvalue weighted by Crippen LogP contribution is -2.42. The Morgan fingerprint density at radius 3 is 2.55 bits per heavy atom. The van der Waals surface area contributed by atoms with Crippen LogP contribution in [0.4, 0.5) is 18.3 Å². The van der Waals surface area contributed by atoms with Gasteiger partial charge in [0.1, 0.15) is 5.01 Å². The van der Waals surface area contributed by atoms with Crippen LogP contribution in [0.1, 0.15) is 17.8 Å². The molecule has 0 saturated carbocycles. The summed E-state index contributed by atoms with van der Waals surface area (Å²) >= 11 is 1.28. The van der Waals surface area contributed by atoms with Crippen LogP contribution in [-0.2, 0) is 4.79 Å². The molecule has 0 bridgehead atoms. The molecule has 0 aliphatic carbocycles. The van der Waals surface area contributed by atoms with E-state index in [1.807, 2.05) is 0 Å². The van der Waals surface area contributed by atoms with Gasteiger partial charge in [0.25, 0.3) is 0 Å². The van der Waals surface area contributed by atoms with Crippen molar-refractivity contribution in [3.8, 4) is 0 Å². The van der Waals surface area contributed by atoms with Crippen molar-refractivity contribution in [3.63, 3.8) is 0 Å². The zero-order chi connectivity index (χ0) is 14.8. The molecule has 1 aliphatic heterocycles. The largest absolute Gasteiger partial charge is 0.401 e. The third-order valence-electron chi connectivity index (χ3n) is 3.12. The highest BCUT2D eigenvalue weighted by atomic mass is 32.1. The average Bonchev–Trinajstić information content (AvgIpc) is 2.73. The van der Waals surface area contributed by atoms with Gasteiger partial charge in [0.15, 0.2) is 0 Å². The fourth-order valence-corrected chi connectivity index (χ4v) is 2.76. The van der Waals surface area contributed by atoms with E-state index in [2.05, 4.69) is 15.5 Å². The molecule has 1 fully saturated rings. The predicted molar refractivity (Wildman–Crippen MR) is 68.5 cm³/mol. The summed E-state index contributed by atoms with van der Waals surface area (Å²) in [5, 5.41) is 11.4. The van der Waals surface area contributed by atoms with Crippen molar-refractivity contribution in [2.45, 2.75) is 25.9 Å². The number of aromatic nitrogens is 2. The Hall–Kier alpha value is -1.22. The first-order chi connectivity index (χ1) is 9.33. The number of nitrogens with zero attached hydrogens (tertiary/aromatic N) is 3. The van der Waals surface area contributed by atoms with E-state index in [0.717, 1.165) is 5.01 Å². The number of alkyl halides is 3. The number of aryl methyl sites for hydroxylation is 1. The van der Waals surface area contributed by atoms with Crippen LogP contribution in [0.15, 0.2) is 0 Å². The number of amides is 1. The lowest BCUT2D eigenvalue weighted by molar-refractivity contribution is -0.149. The summed E-state index contributed by atoms with van der Waals surface area (Å²) in [6.45, 7) is 1.44. The van der Waals surface area contributed by atoms with E-state index in [1.54, 1.807) is 6.92 Å². The van der Waals surface area contributed by atoms with E-state index in [4.69, 9.17) is 0 Å². The number of rotatable bonds is 3. The summed E-state index contributed by atoms with van der Waals surface area (Å²) < 4.78 is 36.8. The molecule has 0 aromatic carbocycles. The van der Waals surface area contributed by atoms with Crippen molar-refractivity contribution in [1.82, 2.24) is 15.1 Å². The number of likely N-dealkylation sites (tertiary alicyclic amines) is 1. The molecule has 112 valence electrons. The van der Waals surface area contributed by atoms with Crippen molar-refractivity contribution in [1.29, 1.82) is 0 Å². The lowest BCUT2D eigenvalue weighted by Gasteiger charge is -2.31. The smallest absolute Gasteiger partial charge is 0.300 e. The van der Waals surface area contributed by atoms with E-state index in [9.17, 15) is 18.0 Å². The fraction of sp³-hybridized carbons (Fsp3) is 0.727. The highest BCUT2D eigenvalue weighted by Crippen LogP contribution is 2.24. The number of nitrogens with one attached hydrogen (secondary N) is 1. The Labute approximate surface area is 118 Å². The van der Waals surface area contributed by atoms with Crippen molar-refractivity contribution >= 4 is 22.4 Å². The van der Waals surface area contributed by atoms with E-state index < -0.39 is 12.7 Å². The normalized spacial score (nSPS) is 18.2. The average molecular weight is 308 g/mol. The number of hydrogen-bond donors (Lipinski definition) is 1. The lowest BCUT2D eigenvalue weighted by atomic mass is 9.96. The predicted octanol–water partition coefficient (Wildman–Crippen LogP) is 2.06. The second-order valence-corrected chi connectivity index (χ2v) is 5.96. The van der Waals surface area contributed by atoms with Crippen LogP contribution in [0.25, 0.3) is 0 Å². The van der Waals surface area contributed by atoms with Crippen LogP contribution in [0.3, 0.4) is 0 Å². The van der Waals surface area contributed by atoms with Crippen molar-refractivity contribution in [3.05, 3.63) is 5.01 Å². The Kier molecular flexibility index (Phi) is 4.59. The molecule has 1 amide bonds. The third-order valence-corrected chi connectivity index (χ3v) is 3.87. The molecular weight excluding hydrogens is 293 g/mol. The van der Waals surface area contributed by atoms with E-state index in [0.29, 0.717) is 18.0 Å². The highest BCUT2D eigenvalue weighted by molar-refractivity contribution is 7.15. The number of halogens is 3. The van der Waals surface area contributed by atoms with Crippen LogP contribution in [0.2, 0.25) is 0 Å². The summed E-state index contributed by atoms with van der Waals surface area (Å²) in [5.74, 6) is -0.448. The Morgan fingerprint density at radius 1 is 1.40 bits per heavy atom. The van der Waals surface area contributed by atoms with Crippen LogP contribution in [-0.4, -0.2) is 46.8 Å². The van der Waals surface area contributed by atoms with Gasteiger partial charge in [-0.2, -0.15) is 13.2 Å². The van der Waals surface area contributed by atoms with Crippen LogP contribution < -0.4 is 5.32 Å². The first-order valence-corrected chi connectivity index (χ1v) is 7.05. The number of hydrogen-bond acceptors (Lipinski definition) is 5. The minimum Gasteiger partial charge on any atom is -0.300 e. The minimum atomic E-state index is -4.18. The second kappa shape index (κ2) is 6.04. The topological polar surface area (TPSA) is 58.1 Å². The molecule has 2 heterocycles. The van der Waals surface area contributed by atoms with Crippen LogP contribution in [0, 0.1) is 12.8 Å². The first-order valence-electron chi connectivity index (χ1n) is 6.23. The molecule has 0 unspecified atom stereocenters. The van der Waals surface area contributed by atoms with E-state index in [1.165, 1.54) is 16.2 Å². The van der Waals surface area contributed by atoms with E-state index in [-0.39, 0.29) is 24.9 Å². The molecule has 0 atom stereocenters. The van der Waals surface area contributed by atoms with Crippen LogP contribution >= 0.6 is 11.3 Å².